The van der Waals surface area contributed by atoms with E-state index in [-0.39, 0.29) is 11.9 Å². The molecule has 6 nitrogen and oxygen atoms in total. The van der Waals surface area contributed by atoms with Gasteiger partial charge in [0.1, 0.15) is 11.5 Å². The van der Waals surface area contributed by atoms with Crippen LogP contribution in [0.5, 0.6) is 0 Å². The van der Waals surface area contributed by atoms with Crippen LogP contribution in [-0.4, -0.2) is 32.3 Å². The fourth-order valence-electron chi connectivity index (χ4n) is 3.15. The molecule has 0 spiro atoms. The van der Waals surface area contributed by atoms with E-state index in [4.69, 9.17) is 4.52 Å². The maximum atomic E-state index is 12.8. The van der Waals surface area contributed by atoms with Crippen LogP contribution in [0.25, 0.3) is 0 Å². The maximum absolute atomic E-state index is 12.8. The third-order valence-corrected chi connectivity index (χ3v) is 4.19. The van der Waals surface area contributed by atoms with Crippen molar-refractivity contribution in [2.24, 2.45) is 7.05 Å². The highest BCUT2D eigenvalue weighted by molar-refractivity contribution is 5.93. The molecule has 1 atom stereocenters. The number of aryl methyl sites for hydroxylation is 3. The van der Waals surface area contributed by atoms with Crippen LogP contribution in [0, 0.1) is 6.92 Å². The first kappa shape index (κ1) is 13.9. The first-order valence-corrected chi connectivity index (χ1v) is 7.37. The van der Waals surface area contributed by atoms with Gasteiger partial charge in [0, 0.05) is 31.8 Å². The van der Waals surface area contributed by atoms with Crippen molar-refractivity contribution in [3.8, 4) is 0 Å². The molecule has 0 saturated carbocycles. The number of hydrogen-bond acceptors (Lipinski definition) is 4. The lowest BCUT2D eigenvalue weighted by molar-refractivity contribution is 0.0723. The van der Waals surface area contributed by atoms with Crippen LogP contribution in [0.15, 0.2) is 16.8 Å². The number of amides is 1. The summed E-state index contributed by atoms with van der Waals surface area (Å²) in [6.45, 7) is 4.76. The second-order valence-corrected chi connectivity index (χ2v) is 5.46. The molecule has 1 saturated heterocycles. The first-order chi connectivity index (χ1) is 10.1. The first-order valence-electron chi connectivity index (χ1n) is 7.37. The van der Waals surface area contributed by atoms with Crippen LogP contribution in [-0.2, 0) is 13.5 Å². The Morgan fingerprint density at radius 1 is 1.52 bits per heavy atom. The molecule has 3 rings (SSSR count). The number of hydrogen-bond donors (Lipinski definition) is 0. The van der Waals surface area contributed by atoms with Gasteiger partial charge < -0.3 is 9.42 Å². The van der Waals surface area contributed by atoms with Gasteiger partial charge in [0.25, 0.3) is 5.91 Å². The highest BCUT2D eigenvalue weighted by Crippen LogP contribution is 2.36. The predicted octanol–water partition coefficient (Wildman–Crippen LogP) is 2.26. The molecule has 1 unspecified atom stereocenters. The molecule has 1 amide bonds. The monoisotopic (exact) mass is 288 g/mol. The summed E-state index contributed by atoms with van der Waals surface area (Å²) < 4.78 is 7.02. The molecule has 112 valence electrons. The molecule has 3 heterocycles. The van der Waals surface area contributed by atoms with Crippen LogP contribution >= 0.6 is 0 Å². The van der Waals surface area contributed by atoms with Crippen LogP contribution < -0.4 is 0 Å². The molecule has 0 N–H and O–H groups in total. The minimum atomic E-state index is 0.0279. The molecule has 1 aliphatic rings. The van der Waals surface area contributed by atoms with Crippen molar-refractivity contribution < 1.29 is 9.32 Å². The lowest BCUT2D eigenvalue weighted by Gasteiger charge is -2.24. The molecule has 0 radical (unpaired) electrons. The average Bonchev–Trinajstić information content (AvgIpc) is 3.17. The maximum Gasteiger partial charge on any atom is 0.272 e. The van der Waals surface area contributed by atoms with Gasteiger partial charge in [-0.3, -0.25) is 9.48 Å². The van der Waals surface area contributed by atoms with Gasteiger partial charge in [-0.1, -0.05) is 12.1 Å². The van der Waals surface area contributed by atoms with Crippen LogP contribution in [0.3, 0.4) is 0 Å². The molecule has 6 heteroatoms. The third kappa shape index (κ3) is 2.24. The summed E-state index contributed by atoms with van der Waals surface area (Å²) in [7, 11) is 1.79. The number of carbonyl (C=O) groups excluding carboxylic acids is 1. The van der Waals surface area contributed by atoms with Crippen LogP contribution in [0.2, 0.25) is 0 Å². The molecule has 1 fully saturated rings. The van der Waals surface area contributed by atoms with Gasteiger partial charge in [0.15, 0.2) is 0 Å². The number of likely N-dealkylation sites (tertiary alicyclic amines) is 1. The Kier molecular flexibility index (Phi) is 3.53. The fraction of sp³-hybridized carbons (Fsp3) is 0.533. The van der Waals surface area contributed by atoms with Gasteiger partial charge in [0.2, 0.25) is 0 Å². The summed E-state index contributed by atoms with van der Waals surface area (Å²) in [4.78, 5) is 14.7. The third-order valence-electron chi connectivity index (χ3n) is 4.19. The lowest BCUT2D eigenvalue weighted by Crippen LogP contribution is -2.32. The molecular weight excluding hydrogens is 268 g/mol. The standard InChI is InChI=1S/C15H20N4O2/c1-4-13-14(10(2)17-21-13)11-6-5-9-19(11)15(20)12-7-8-16-18(12)3/h7-8,11H,4-6,9H2,1-3H3. The van der Waals surface area contributed by atoms with Crippen LogP contribution in [0.1, 0.15) is 53.3 Å². The van der Waals surface area contributed by atoms with E-state index in [2.05, 4.69) is 10.3 Å². The molecular formula is C15H20N4O2. The Bertz CT molecular complexity index is 658. The topological polar surface area (TPSA) is 64.2 Å². The molecule has 21 heavy (non-hydrogen) atoms. The Morgan fingerprint density at radius 3 is 3.00 bits per heavy atom. The van der Waals surface area contributed by atoms with E-state index < -0.39 is 0 Å². The molecule has 1 aliphatic heterocycles. The number of carbonyl (C=O) groups is 1. The van der Waals surface area contributed by atoms with Crippen molar-refractivity contribution >= 4 is 5.91 Å². The van der Waals surface area contributed by atoms with E-state index in [0.717, 1.165) is 42.8 Å². The zero-order valence-electron chi connectivity index (χ0n) is 12.7. The second kappa shape index (κ2) is 5.35. The van der Waals surface area contributed by atoms with Gasteiger partial charge in [-0.05, 0) is 25.8 Å². The van der Waals surface area contributed by atoms with Crippen molar-refractivity contribution in [2.45, 2.75) is 39.2 Å². The lowest BCUT2D eigenvalue weighted by atomic mass is 10.0. The van der Waals surface area contributed by atoms with Gasteiger partial charge in [-0.25, -0.2) is 0 Å². The quantitative estimate of drug-likeness (QED) is 0.869. The Balaban J connectivity index is 1.94. The predicted molar refractivity (Wildman–Crippen MR) is 76.8 cm³/mol. The van der Waals surface area contributed by atoms with Crippen molar-refractivity contribution in [3.63, 3.8) is 0 Å². The van der Waals surface area contributed by atoms with Gasteiger partial charge in [0.05, 0.1) is 11.7 Å². The summed E-state index contributed by atoms with van der Waals surface area (Å²) in [6.07, 6.45) is 4.40. The summed E-state index contributed by atoms with van der Waals surface area (Å²) in [5.74, 6) is 0.919. The SMILES string of the molecule is CCc1onc(C)c1C1CCCN1C(=O)c1ccnn1C. The van der Waals surface area contributed by atoms with E-state index >= 15 is 0 Å². The highest BCUT2D eigenvalue weighted by Gasteiger charge is 2.35. The largest absolute Gasteiger partial charge is 0.361 e. The molecule has 0 aromatic carbocycles. The summed E-state index contributed by atoms with van der Waals surface area (Å²) >= 11 is 0. The zero-order chi connectivity index (χ0) is 15.0. The summed E-state index contributed by atoms with van der Waals surface area (Å²) in [5.41, 5.74) is 2.60. The minimum Gasteiger partial charge on any atom is -0.361 e. The second-order valence-electron chi connectivity index (χ2n) is 5.46. The average molecular weight is 288 g/mol. The highest BCUT2D eigenvalue weighted by atomic mass is 16.5. The number of nitrogens with zero attached hydrogens (tertiary/aromatic N) is 4. The van der Waals surface area contributed by atoms with Gasteiger partial charge in [-0.2, -0.15) is 5.10 Å². The molecule has 0 aliphatic carbocycles. The van der Waals surface area contributed by atoms with E-state index in [1.165, 1.54) is 0 Å². The summed E-state index contributed by atoms with van der Waals surface area (Å²) in [6, 6.07) is 1.83. The van der Waals surface area contributed by atoms with Crippen molar-refractivity contribution in [1.29, 1.82) is 0 Å². The number of aromatic nitrogens is 3. The number of rotatable bonds is 3. The Morgan fingerprint density at radius 2 is 2.33 bits per heavy atom. The zero-order valence-corrected chi connectivity index (χ0v) is 12.7. The summed E-state index contributed by atoms with van der Waals surface area (Å²) in [5, 5.41) is 8.16. The smallest absolute Gasteiger partial charge is 0.272 e. The Hall–Kier alpha value is -2.11. The minimum absolute atomic E-state index is 0.0279. The normalized spacial score (nSPS) is 18.4. The van der Waals surface area contributed by atoms with E-state index in [9.17, 15) is 4.79 Å². The van der Waals surface area contributed by atoms with E-state index in [1.807, 2.05) is 18.7 Å². The van der Waals surface area contributed by atoms with Crippen molar-refractivity contribution in [3.05, 3.63) is 35.0 Å². The fourth-order valence-corrected chi connectivity index (χ4v) is 3.15. The molecule has 2 aromatic rings. The van der Waals surface area contributed by atoms with E-state index in [1.54, 1.807) is 24.0 Å². The van der Waals surface area contributed by atoms with Crippen molar-refractivity contribution in [2.75, 3.05) is 6.54 Å². The molecule has 0 bridgehead atoms. The van der Waals surface area contributed by atoms with Crippen LogP contribution in [0.4, 0.5) is 0 Å². The van der Waals surface area contributed by atoms with Gasteiger partial charge in [-0.15, -0.1) is 0 Å². The van der Waals surface area contributed by atoms with E-state index in [0.29, 0.717) is 5.69 Å². The molecule has 2 aromatic heterocycles. The van der Waals surface area contributed by atoms with Crippen molar-refractivity contribution in [1.82, 2.24) is 19.8 Å². The Labute approximate surface area is 123 Å². The van der Waals surface area contributed by atoms with Gasteiger partial charge >= 0.3 is 0 Å².